The molecule has 118 valence electrons. The molecule has 6 atom stereocenters. The zero-order chi connectivity index (χ0) is 16.0. The first-order chi connectivity index (χ1) is 11.0. The van der Waals surface area contributed by atoms with Crippen molar-refractivity contribution in [2.75, 3.05) is 4.90 Å². The zero-order valence-electron chi connectivity index (χ0n) is 12.5. The maximum atomic E-state index is 13.1. The maximum absolute atomic E-state index is 13.1. The summed E-state index contributed by atoms with van der Waals surface area (Å²) in [4.78, 5) is 27.5. The second-order valence-corrected chi connectivity index (χ2v) is 8.48. The molecule has 6 rings (SSSR count). The van der Waals surface area contributed by atoms with Crippen molar-refractivity contribution in [3.05, 3.63) is 39.3 Å². The number of benzene rings is 1. The van der Waals surface area contributed by atoms with Gasteiger partial charge in [0.2, 0.25) is 11.8 Å². The fraction of sp³-hybridized carbons (Fsp3) is 0.444. The summed E-state index contributed by atoms with van der Waals surface area (Å²) in [5.41, 5.74) is 1.52. The van der Waals surface area contributed by atoms with Crippen molar-refractivity contribution in [3.63, 3.8) is 0 Å². The molecule has 1 aromatic carbocycles. The van der Waals surface area contributed by atoms with E-state index in [9.17, 15) is 9.59 Å². The minimum Gasteiger partial charge on any atom is -0.274 e. The van der Waals surface area contributed by atoms with Crippen molar-refractivity contribution in [2.24, 2.45) is 35.5 Å². The van der Waals surface area contributed by atoms with Crippen LogP contribution in [0.3, 0.4) is 0 Å². The molecule has 1 saturated heterocycles. The average Bonchev–Trinajstić information content (AvgIpc) is 3.29. The lowest BCUT2D eigenvalue weighted by Crippen LogP contribution is -2.40. The third-order valence-corrected chi connectivity index (χ3v) is 7.34. The number of rotatable bonds is 1. The third kappa shape index (κ3) is 1.71. The van der Waals surface area contributed by atoms with Crippen molar-refractivity contribution in [1.82, 2.24) is 0 Å². The fourth-order valence-corrected chi connectivity index (χ4v) is 5.69. The Morgan fingerprint density at radius 1 is 1.09 bits per heavy atom. The summed E-state index contributed by atoms with van der Waals surface area (Å²) in [6.07, 6.45) is 5.56. The Balaban J connectivity index is 1.61. The van der Waals surface area contributed by atoms with E-state index in [-0.39, 0.29) is 35.5 Å². The van der Waals surface area contributed by atoms with Crippen LogP contribution in [0.15, 0.2) is 28.8 Å². The van der Waals surface area contributed by atoms with E-state index in [1.165, 1.54) is 11.3 Å². The van der Waals surface area contributed by atoms with Gasteiger partial charge in [0.05, 0.1) is 22.5 Å². The van der Waals surface area contributed by atoms with E-state index in [1.807, 2.05) is 13.0 Å². The Morgan fingerprint density at radius 3 is 2.22 bits per heavy atom. The standard InChI is InChI=1S/C18H15BrClNO2/c1-7-4-12(19)13(20)6-14(7)21-17(22)15-8-2-3-9(11-5-10(8)11)16(15)18(21)23/h2-4,6,8-11,15-16H,5H2,1H3/t8-,9-,10-,11+,15+,16+/m0/s1. The van der Waals surface area contributed by atoms with Crippen LogP contribution < -0.4 is 4.90 Å². The summed E-state index contributed by atoms with van der Waals surface area (Å²) in [6.45, 7) is 1.91. The van der Waals surface area contributed by atoms with E-state index < -0.39 is 0 Å². The first-order valence-electron chi connectivity index (χ1n) is 8.01. The number of carbonyl (C=O) groups excluding carboxylic acids is 2. The molecule has 23 heavy (non-hydrogen) atoms. The molecule has 3 nitrogen and oxygen atoms in total. The van der Waals surface area contributed by atoms with Crippen LogP contribution in [0.1, 0.15) is 12.0 Å². The van der Waals surface area contributed by atoms with E-state index in [1.54, 1.807) is 6.07 Å². The highest BCUT2D eigenvalue weighted by atomic mass is 79.9. The number of halogens is 2. The van der Waals surface area contributed by atoms with Crippen LogP contribution in [0.5, 0.6) is 0 Å². The van der Waals surface area contributed by atoms with Gasteiger partial charge in [-0.25, -0.2) is 4.90 Å². The van der Waals surface area contributed by atoms with Gasteiger partial charge in [-0.05, 0) is 70.6 Å². The molecule has 1 heterocycles. The Morgan fingerprint density at radius 2 is 1.65 bits per heavy atom. The number of nitrogens with zero attached hydrogens (tertiary/aromatic N) is 1. The Labute approximate surface area is 147 Å². The van der Waals surface area contributed by atoms with Gasteiger partial charge in [-0.1, -0.05) is 23.8 Å². The average molecular weight is 393 g/mol. The molecule has 0 radical (unpaired) electrons. The van der Waals surface area contributed by atoms with Crippen molar-refractivity contribution in [2.45, 2.75) is 13.3 Å². The summed E-state index contributed by atoms with van der Waals surface area (Å²) in [5.74, 6) is 1.35. The highest BCUT2D eigenvalue weighted by Gasteiger charge is 2.67. The van der Waals surface area contributed by atoms with Gasteiger partial charge in [0, 0.05) is 4.47 Å². The maximum Gasteiger partial charge on any atom is 0.238 e. The summed E-state index contributed by atoms with van der Waals surface area (Å²) >= 11 is 9.60. The monoisotopic (exact) mass is 391 g/mol. The van der Waals surface area contributed by atoms with Gasteiger partial charge < -0.3 is 0 Å². The van der Waals surface area contributed by atoms with Gasteiger partial charge >= 0.3 is 0 Å². The lowest BCUT2D eigenvalue weighted by Gasteiger charge is -2.37. The number of hydrogen-bond donors (Lipinski definition) is 0. The lowest BCUT2D eigenvalue weighted by atomic mass is 9.63. The van der Waals surface area contributed by atoms with Gasteiger partial charge in [-0.3, -0.25) is 9.59 Å². The highest BCUT2D eigenvalue weighted by molar-refractivity contribution is 9.10. The molecule has 4 aliphatic carbocycles. The van der Waals surface area contributed by atoms with Crippen LogP contribution in [0.4, 0.5) is 5.69 Å². The molecule has 3 fully saturated rings. The summed E-state index contributed by atoms with van der Waals surface area (Å²) in [5, 5.41) is 0.519. The molecular weight excluding hydrogens is 378 g/mol. The number of hydrogen-bond acceptors (Lipinski definition) is 2. The van der Waals surface area contributed by atoms with Crippen LogP contribution >= 0.6 is 27.5 Å². The predicted octanol–water partition coefficient (Wildman–Crippen LogP) is 3.97. The quantitative estimate of drug-likeness (QED) is 0.536. The number of amides is 2. The Hall–Kier alpha value is -1.13. The van der Waals surface area contributed by atoms with Gasteiger partial charge in [-0.15, -0.1) is 0 Å². The number of anilines is 1. The first kappa shape index (κ1) is 14.2. The van der Waals surface area contributed by atoms with Crippen LogP contribution in [-0.2, 0) is 9.59 Å². The normalized spacial score (nSPS) is 39.7. The molecule has 1 aliphatic heterocycles. The lowest BCUT2D eigenvalue weighted by molar-refractivity contribution is -0.124. The van der Waals surface area contributed by atoms with Crippen molar-refractivity contribution in [3.8, 4) is 0 Å². The van der Waals surface area contributed by atoms with E-state index >= 15 is 0 Å². The second-order valence-electron chi connectivity index (χ2n) is 7.22. The first-order valence-corrected chi connectivity index (χ1v) is 9.18. The predicted molar refractivity (Wildman–Crippen MR) is 91.1 cm³/mol. The van der Waals surface area contributed by atoms with Crippen LogP contribution in [0.2, 0.25) is 5.02 Å². The minimum atomic E-state index is -0.164. The fourth-order valence-electron chi connectivity index (χ4n) is 5.07. The molecule has 0 N–H and O–H groups in total. The Bertz CT molecular complexity index is 768. The van der Waals surface area contributed by atoms with Crippen molar-refractivity contribution >= 4 is 45.0 Å². The number of imide groups is 1. The molecule has 2 amide bonds. The molecule has 2 bridgehead atoms. The number of carbonyl (C=O) groups is 2. The molecule has 5 heteroatoms. The van der Waals surface area contributed by atoms with Crippen LogP contribution in [0, 0.1) is 42.4 Å². The molecule has 5 aliphatic rings. The SMILES string of the molecule is Cc1cc(Br)c(Cl)cc1N1C(=O)[C@@H]2[C@H]3C=C[C@@H]([C@@H]4C[C@H]34)[C@H]2C1=O. The van der Waals surface area contributed by atoms with Crippen LogP contribution in [-0.4, -0.2) is 11.8 Å². The molecule has 0 aromatic heterocycles. The smallest absolute Gasteiger partial charge is 0.238 e. The topological polar surface area (TPSA) is 37.4 Å². The Kier molecular flexibility index (Phi) is 2.77. The minimum absolute atomic E-state index is 0.0359. The summed E-state index contributed by atoms with van der Waals surface area (Å²) in [7, 11) is 0. The van der Waals surface area contributed by atoms with E-state index in [0.717, 1.165) is 10.0 Å². The summed E-state index contributed by atoms with van der Waals surface area (Å²) < 4.78 is 0.778. The number of aryl methyl sites for hydroxylation is 1. The third-order valence-electron chi connectivity index (χ3n) is 6.14. The summed E-state index contributed by atoms with van der Waals surface area (Å²) in [6, 6.07) is 3.59. The molecule has 2 saturated carbocycles. The molecular formula is C18H15BrClNO2. The second kappa shape index (κ2) is 4.48. The molecule has 0 spiro atoms. The largest absolute Gasteiger partial charge is 0.274 e. The van der Waals surface area contributed by atoms with Gasteiger partial charge in [0.1, 0.15) is 0 Å². The van der Waals surface area contributed by atoms with Gasteiger partial charge in [0.15, 0.2) is 0 Å². The van der Waals surface area contributed by atoms with Crippen molar-refractivity contribution < 1.29 is 9.59 Å². The van der Waals surface area contributed by atoms with E-state index in [4.69, 9.17) is 11.6 Å². The van der Waals surface area contributed by atoms with Crippen LogP contribution in [0.25, 0.3) is 0 Å². The zero-order valence-corrected chi connectivity index (χ0v) is 14.8. The van der Waals surface area contributed by atoms with Gasteiger partial charge in [-0.2, -0.15) is 0 Å². The number of allylic oxidation sites excluding steroid dienone is 2. The van der Waals surface area contributed by atoms with E-state index in [0.29, 0.717) is 22.5 Å². The molecule has 0 unspecified atom stereocenters. The van der Waals surface area contributed by atoms with Gasteiger partial charge in [0.25, 0.3) is 0 Å². The van der Waals surface area contributed by atoms with E-state index in [2.05, 4.69) is 28.1 Å². The highest BCUT2D eigenvalue weighted by Crippen LogP contribution is 2.65. The van der Waals surface area contributed by atoms with Crippen molar-refractivity contribution in [1.29, 1.82) is 0 Å². The molecule has 1 aromatic rings.